The van der Waals surface area contributed by atoms with Crippen molar-refractivity contribution in [1.82, 2.24) is 20.2 Å². The first kappa shape index (κ1) is 22.8. The molecule has 2 aromatic heterocycles. The Bertz CT molecular complexity index is 1090. The molecule has 1 aromatic carbocycles. The molecule has 4 rings (SSSR count). The van der Waals surface area contributed by atoms with Gasteiger partial charge in [0.25, 0.3) is 0 Å². The lowest BCUT2D eigenvalue weighted by Gasteiger charge is -2.47. The average molecular weight is 456 g/mol. The first-order valence-corrected chi connectivity index (χ1v) is 10.5. The number of nitrogens with zero attached hydrogens (tertiary/aromatic N) is 5. The maximum Gasteiger partial charge on any atom is 0.387 e. The van der Waals surface area contributed by atoms with Gasteiger partial charge in [-0.2, -0.15) is 18.9 Å². The summed E-state index contributed by atoms with van der Waals surface area (Å²) in [5, 5.41) is 11.3. The van der Waals surface area contributed by atoms with Crippen molar-refractivity contribution in [3.05, 3.63) is 48.8 Å². The number of alkyl halides is 2. The van der Waals surface area contributed by atoms with Gasteiger partial charge in [-0.05, 0) is 57.5 Å². The van der Waals surface area contributed by atoms with Crippen molar-refractivity contribution in [3.8, 4) is 16.9 Å². The molecule has 0 radical (unpaired) electrons. The van der Waals surface area contributed by atoms with Crippen LogP contribution < -0.4 is 15.0 Å². The van der Waals surface area contributed by atoms with E-state index in [4.69, 9.17) is 4.74 Å². The maximum atomic E-state index is 12.4. The topological polar surface area (TPSA) is 85.3 Å². The number of anilines is 3. The van der Waals surface area contributed by atoms with E-state index in [1.54, 1.807) is 36.7 Å². The van der Waals surface area contributed by atoms with Crippen LogP contribution >= 0.6 is 0 Å². The Hall–Kier alpha value is -3.40. The van der Waals surface area contributed by atoms with Crippen LogP contribution in [0, 0.1) is 0 Å². The van der Waals surface area contributed by atoms with E-state index in [1.807, 2.05) is 0 Å². The summed E-state index contributed by atoms with van der Waals surface area (Å²) in [6.45, 7) is 6.68. The van der Waals surface area contributed by atoms with Crippen molar-refractivity contribution in [3.63, 3.8) is 0 Å². The number of aromatic nitrogens is 4. The smallest absolute Gasteiger partial charge is 0.387 e. The molecule has 3 heterocycles. The average Bonchev–Trinajstić information content (AvgIpc) is 2.72. The predicted octanol–water partition coefficient (Wildman–Crippen LogP) is 4.67. The minimum atomic E-state index is -2.86. The monoisotopic (exact) mass is 456 g/mol. The first-order chi connectivity index (χ1) is 15.6. The highest BCUT2D eigenvalue weighted by Crippen LogP contribution is 2.30. The molecule has 3 aromatic rings. The predicted molar refractivity (Wildman–Crippen MR) is 121 cm³/mol. The van der Waals surface area contributed by atoms with E-state index >= 15 is 0 Å². The van der Waals surface area contributed by atoms with Crippen molar-refractivity contribution in [2.24, 2.45) is 0 Å². The van der Waals surface area contributed by atoms with E-state index in [9.17, 15) is 8.78 Å². The molecule has 8 nitrogen and oxygen atoms in total. The van der Waals surface area contributed by atoms with Crippen LogP contribution in [-0.4, -0.2) is 51.1 Å². The third kappa shape index (κ3) is 5.89. The SMILES string of the molecule is CC1(C)CN(c2nccc(Nc3cc(-c4ccc(OC(F)F)cc4)cnn3)n2)CC(C)(C)O1. The molecular formula is C23H26F2N6O2. The van der Waals surface area contributed by atoms with Gasteiger partial charge in [0.15, 0.2) is 5.82 Å². The second kappa shape index (κ2) is 8.86. The van der Waals surface area contributed by atoms with Crippen LogP contribution in [0.5, 0.6) is 5.75 Å². The summed E-state index contributed by atoms with van der Waals surface area (Å²) in [6.07, 6.45) is 3.29. The van der Waals surface area contributed by atoms with E-state index in [2.05, 4.69) is 62.8 Å². The number of benzene rings is 1. The van der Waals surface area contributed by atoms with E-state index in [-0.39, 0.29) is 17.0 Å². The third-order valence-corrected chi connectivity index (χ3v) is 4.95. The van der Waals surface area contributed by atoms with Gasteiger partial charge in [-0.25, -0.2) is 4.98 Å². The van der Waals surface area contributed by atoms with Crippen molar-refractivity contribution in [1.29, 1.82) is 0 Å². The number of nitrogens with one attached hydrogen (secondary N) is 1. The van der Waals surface area contributed by atoms with Crippen LogP contribution in [0.15, 0.2) is 48.8 Å². The summed E-state index contributed by atoms with van der Waals surface area (Å²) in [5.41, 5.74) is 0.895. The van der Waals surface area contributed by atoms with Crippen LogP contribution in [0.2, 0.25) is 0 Å². The molecule has 0 spiro atoms. The zero-order valence-corrected chi connectivity index (χ0v) is 18.9. The summed E-state index contributed by atoms with van der Waals surface area (Å²) in [7, 11) is 0. The fraction of sp³-hybridized carbons (Fsp3) is 0.391. The minimum Gasteiger partial charge on any atom is -0.435 e. The Kier molecular flexibility index (Phi) is 6.11. The molecule has 0 aliphatic carbocycles. The van der Waals surface area contributed by atoms with Gasteiger partial charge < -0.3 is 19.7 Å². The Morgan fingerprint density at radius 3 is 2.36 bits per heavy atom. The second-order valence-corrected chi connectivity index (χ2v) is 9.08. The zero-order valence-electron chi connectivity index (χ0n) is 18.9. The van der Waals surface area contributed by atoms with Gasteiger partial charge in [-0.15, -0.1) is 5.10 Å². The Morgan fingerprint density at radius 1 is 1.00 bits per heavy atom. The molecule has 10 heteroatoms. The van der Waals surface area contributed by atoms with Crippen LogP contribution in [0.1, 0.15) is 27.7 Å². The van der Waals surface area contributed by atoms with Gasteiger partial charge in [0.2, 0.25) is 5.95 Å². The summed E-state index contributed by atoms with van der Waals surface area (Å²) < 4.78 is 35.3. The van der Waals surface area contributed by atoms with Crippen molar-refractivity contribution in [2.75, 3.05) is 23.3 Å². The highest BCUT2D eigenvalue weighted by molar-refractivity contribution is 5.67. The standard InChI is InChI=1S/C23H26F2N6O2/c1-22(2)13-31(14-23(3,4)33-22)21-26-10-9-18(29-21)28-19-11-16(12-27-30-19)15-5-7-17(8-6-15)32-20(24)25/h5-12,20H,13-14H2,1-4H3,(H,26,28,29,30). The summed E-state index contributed by atoms with van der Waals surface area (Å²) in [5.74, 6) is 1.77. The van der Waals surface area contributed by atoms with Crippen molar-refractivity contribution < 1.29 is 18.3 Å². The Morgan fingerprint density at radius 2 is 1.70 bits per heavy atom. The third-order valence-electron chi connectivity index (χ3n) is 4.95. The normalized spacial score (nSPS) is 17.1. The molecule has 1 aliphatic rings. The fourth-order valence-electron chi connectivity index (χ4n) is 4.05. The molecule has 0 unspecified atom stereocenters. The lowest BCUT2D eigenvalue weighted by atomic mass is 9.99. The van der Waals surface area contributed by atoms with E-state index in [0.29, 0.717) is 30.7 Å². The molecule has 0 bridgehead atoms. The van der Waals surface area contributed by atoms with Gasteiger partial charge in [0.1, 0.15) is 11.6 Å². The number of ether oxygens (including phenoxy) is 2. The molecule has 0 saturated carbocycles. The van der Waals surface area contributed by atoms with Gasteiger partial charge in [0.05, 0.1) is 17.4 Å². The van der Waals surface area contributed by atoms with Crippen LogP contribution in [0.4, 0.5) is 26.4 Å². The Balaban J connectivity index is 1.51. The van der Waals surface area contributed by atoms with Gasteiger partial charge in [-0.1, -0.05) is 12.1 Å². The van der Waals surface area contributed by atoms with Crippen LogP contribution in [-0.2, 0) is 4.74 Å². The van der Waals surface area contributed by atoms with Crippen LogP contribution in [0.3, 0.4) is 0 Å². The second-order valence-electron chi connectivity index (χ2n) is 9.08. The number of halogens is 2. The molecule has 1 aliphatic heterocycles. The summed E-state index contributed by atoms with van der Waals surface area (Å²) in [4.78, 5) is 11.2. The number of morpholine rings is 1. The van der Waals surface area contributed by atoms with Gasteiger partial charge in [0, 0.05) is 24.8 Å². The lowest BCUT2D eigenvalue weighted by Crippen LogP contribution is -2.57. The largest absolute Gasteiger partial charge is 0.435 e. The molecule has 0 amide bonds. The maximum absolute atomic E-state index is 12.4. The molecule has 33 heavy (non-hydrogen) atoms. The van der Waals surface area contributed by atoms with E-state index in [0.717, 1.165) is 11.1 Å². The molecule has 174 valence electrons. The number of rotatable bonds is 6. The molecule has 1 fully saturated rings. The highest BCUT2D eigenvalue weighted by atomic mass is 19.3. The van der Waals surface area contributed by atoms with Gasteiger partial charge >= 0.3 is 6.61 Å². The minimum absolute atomic E-state index is 0.0945. The zero-order chi connectivity index (χ0) is 23.6. The summed E-state index contributed by atoms with van der Waals surface area (Å²) in [6, 6.07) is 9.89. The van der Waals surface area contributed by atoms with Gasteiger partial charge in [-0.3, -0.25) is 0 Å². The van der Waals surface area contributed by atoms with E-state index < -0.39 is 6.61 Å². The van der Waals surface area contributed by atoms with Crippen LogP contribution in [0.25, 0.3) is 11.1 Å². The fourth-order valence-corrected chi connectivity index (χ4v) is 4.05. The van der Waals surface area contributed by atoms with E-state index in [1.165, 1.54) is 12.1 Å². The highest BCUT2D eigenvalue weighted by Gasteiger charge is 2.39. The molecule has 1 N–H and O–H groups in total. The molecule has 1 saturated heterocycles. The quantitative estimate of drug-likeness (QED) is 0.573. The first-order valence-electron chi connectivity index (χ1n) is 10.5. The summed E-state index contributed by atoms with van der Waals surface area (Å²) >= 11 is 0. The number of hydrogen-bond acceptors (Lipinski definition) is 8. The Labute approximate surface area is 191 Å². The molecule has 0 atom stereocenters. The molecular weight excluding hydrogens is 430 g/mol. The number of hydrogen-bond donors (Lipinski definition) is 1. The van der Waals surface area contributed by atoms with Crippen molar-refractivity contribution >= 4 is 17.6 Å². The lowest BCUT2D eigenvalue weighted by molar-refractivity contribution is -0.133. The van der Waals surface area contributed by atoms with Crippen molar-refractivity contribution in [2.45, 2.75) is 45.5 Å².